The van der Waals surface area contributed by atoms with Crippen LogP contribution in [-0.4, -0.2) is 71.2 Å². The van der Waals surface area contributed by atoms with Crippen LogP contribution in [0.3, 0.4) is 0 Å². The molecular formula is C31H39N7O4S2. The fraction of sp³-hybridized carbons (Fsp3) is 0.484. The van der Waals surface area contributed by atoms with E-state index in [2.05, 4.69) is 31.2 Å². The predicted molar refractivity (Wildman–Crippen MR) is 169 cm³/mol. The molecule has 2 aromatic heterocycles. The summed E-state index contributed by atoms with van der Waals surface area (Å²) in [5.41, 5.74) is 1.54. The molecule has 1 saturated heterocycles. The standard InChI is InChI=1S/C31H39N7O4S2/c1-19(2)26-30-36-23(17-44-30)27(40)33-11-6-14-38(31(42)21-9-12-32-13-10-21)16-25(39)34-22(15-20-7-4-3-5-8-20)29-35-24(18-43-29)28(41)37-26/h3-5,7-8,17-19,21-22,26,32H,6,9-16H2,1-2H3,(H,33,40)(H,34,39)(H,37,41)/t22?,26-/m0/s1. The Bertz CT molecular complexity index is 1450. The summed E-state index contributed by atoms with van der Waals surface area (Å²) >= 11 is 2.64. The summed E-state index contributed by atoms with van der Waals surface area (Å²) in [5.74, 6) is -1.15. The number of fused-ring (bicyclic) bond motifs is 4. The van der Waals surface area contributed by atoms with Crippen molar-refractivity contribution in [1.82, 2.24) is 36.1 Å². The minimum atomic E-state index is -0.490. The predicted octanol–water partition coefficient (Wildman–Crippen LogP) is 3.09. The van der Waals surface area contributed by atoms with Crippen LogP contribution in [0.4, 0.5) is 0 Å². The van der Waals surface area contributed by atoms with Crippen molar-refractivity contribution in [3.63, 3.8) is 0 Å². The highest BCUT2D eigenvalue weighted by Crippen LogP contribution is 2.27. The summed E-state index contributed by atoms with van der Waals surface area (Å²) in [6.45, 7) is 6.04. The number of piperidine rings is 1. The van der Waals surface area contributed by atoms with Gasteiger partial charge in [0.25, 0.3) is 11.8 Å². The molecule has 2 atom stereocenters. The van der Waals surface area contributed by atoms with Crippen LogP contribution in [0.5, 0.6) is 0 Å². The zero-order valence-corrected chi connectivity index (χ0v) is 26.6. The molecule has 1 unspecified atom stereocenters. The lowest BCUT2D eigenvalue weighted by atomic mass is 9.96. The van der Waals surface area contributed by atoms with E-state index in [0.717, 1.165) is 31.5 Å². The molecule has 4 N–H and O–H groups in total. The maximum Gasteiger partial charge on any atom is 0.271 e. The van der Waals surface area contributed by atoms with Gasteiger partial charge in [-0.15, -0.1) is 22.7 Å². The topological polar surface area (TPSA) is 145 Å². The number of hydrogen-bond donors (Lipinski definition) is 4. The maximum absolute atomic E-state index is 13.6. The molecule has 13 heteroatoms. The third-order valence-corrected chi connectivity index (χ3v) is 9.76. The molecule has 0 aliphatic carbocycles. The molecule has 44 heavy (non-hydrogen) atoms. The number of thiazole rings is 2. The monoisotopic (exact) mass is 637 g/mol. The molecule has 5 rings (SSSR count). The van der Waals surface area contributed by atoms with Gasteiger partial charge in [0.15, 0.2) is 0 Å². The molecule has 0 spiro atoms. The van der Waals surface area contributed by atoms with Crippen molar-refractivity contribution >= 4 is 46.3 Å². The molecule has 0 saturated carbocycles. The fourth-order valence-corrected chi connectivity index (χ4v) is 7.31. The van der Waals surface area contributed by atoms with Crippen molar-refractivity contribution in [2.24, 2.45) is 11.8 Å². The molecular weight excluding hydrogens is 599 g/mol. The molecule has 1 aromatic carbocycles. The minimum Gasteiger partial charge on any atom is -0.351 e. The SMILES string of the molecule is CC(C)[C@@H]1NC(=O)c2csc(n2)C(Cc2ccccc2)NC(=O)CN(C(=O)C2CCNCC2)CCCNC(=O)c2csc1n2. The van der Waals surface area contributed by atoms with Crippen molar-refractivity contribution in [3.8, 4) is 0 Å². The van der Waals surface area contributed by atoms with E-state index in [1.54, 1.807) is 15.7 Å². The van der Waals surface area contributed by atoms with Gasteiger partial charge in [0.1, 0.15) is 21.4 Å². The molecule has 1 fully saturated rings. The molecule has 4 bridgehead atoms. The van der Waals surface area contributed by atoms with E-state index in [9.17, 15) is 19.2 Å². The van der Waals surface area contributed by atoms with Crippen LogP contribution >= 0.6 is 22.7 Å². The summed E-state index contributed by atoms with van der Waals surface area (Å²) in [4.78, 5) is 64.2. The average molecular weight is 638 g/mol. The maximum atomic E-state index is 13.6. The Morgan fingerprint density at radius 2 is 1.61 bits per heavy atom. The second kappa shape index (κ2) is 14.9. The van der Waals surface area contributed by atoms with E-state index >= 15 is 0 Å². The van der Waals surface area contributed by atoms with E-state index in [-0.39, 0.29) is 53.4 Å². The quantitative estimate of drug-likeness (QED) is 0.344. The smallest absolute Gasteiger partial charge is 0.271 e. The highest BCUT2D eigenvalue weighted by atomic mass is 32.1. The molecule has 4 amide bonds. The number of nitrogens with zero attached hydrogens (tertiary/aromatic N) is 3. The van der Waals surface area contributed by atoms with Crippen molar-refractivity contribution in [3.05, 3.63) is 68.1 Å². The first-order chi connectivity index (χ1) is 21.3. The van der Waals surface area contributed by atoms with Crippen molar-refractivity contribution in [2.75, 3.05) is 32.7 Å². The van der Waals surface area contributed by atoms with E-state index < -0.39 is 12.1 Å². The first kappa shape index (κ1) is 31.7. The van der Waals surface area contributed by atoms with E-state index in [4.69, 9.17) is 0 Å². The molecule has 4 heterocycles. The Hall–Kier alpha value is -3.68. The Morgan fingerprint density at radius 3 is 2.34 bits per heavy atom. The summed E-state index contributed by atoms with van der Waals surface area (Å²) in [6.07, 6.45) is 2.40. The highest BCUT2D eigenvalue weighted by molar-refractivity contribution is 7.10. The second-order valence-electron chi connectivity index (χ2n) is 11.5. The lowest BCUT2D eigenvalue weighted by Gasteiger charge is -2.30. The minimum absolute atomic E-state index is 0.0156. The lowest BCUT2D eigenvalue weighted by Crippen LogP contribution is -2.47. The van der Waals surface area contributed by atoms with E-state index in [0.29, 0.717) is 35.9 Å². The summed E-state index contributed by atoms with van der Waals surface area (Å²) in [7, 11) is 0. The van der Waals surface area contributed by atoms with Crippen LogP contribution in [-0.2, 0) is 16.0 Å². The van der Waals surface area contributed by atoms with Crippen LogP contribution < -0.4 is 21.3 Å². The van der Waals surface area contributed by atoms with Gasteiger partial charge in [-0.2, -0.15) is 0 Å². The molecule has 2 aliphatic heterocycles. The summed E-state index contributed by atoms with van der Waals surface area (Å²) in [5, 5.41) is 17.0. The molecule has 234 valence electrons. The third kappa shape index (κ3) is 8.07. The molecule has 11 nitrogen and oxygen atoms in total. The van der Waals surface area contributed by atoms with Gasteiger partial charge in [-0.1, -0.05) is 44.2 Å². The number of aromatic nitrogens is 2. The molecule has 0 radical (unpaired) electrons. The number of rotatable bonds is 4. The van der Waals surface area contributed by atoms with Crippen molar-refractivity contribution in [1.29, 1.82) is 0 Å². The summed E-state index contributed by atoms with van der Waals surface area (Å²) < 4.78 is 0. The van der Waals surface area contributed by atoms with Crippen LogP contribution in [0, 0.1) is 11.8 Å². The Balaban J connectivity index is 1.44. The van der Waals surface area contributed by atoms with Crippen molar-refractivity contribution < 1.29 is 19.2 Å². The normalized spacial score (nSPS) is 21.1. The molecule has 3 aromatic rings. The number of carbonyl (C=O) groups excluding carboxylic acids is 4. The van der Waals surface area contributed by atoms with E-state index in [1.807, 2.05) is 44.2 Å². The van der Waals surface area contributed by atoms with Gasteiger partial charge in [-0.25, -0.2) is 9.97 Å². The fourth-order valence-electron chi connectivity index (χ4n) is 5.44. The van der Waals surface area contributed by atoms with Gasteiger partial charge < -0.3 is 26.2 Å². The number of benzene rings is 1. The summed E-state index contributed by atoms with van der Waals surface area (Å²) in [6, 6.07) is 8.89. The first-order valence-electron chi connectivity index (χ1n) is 15.1. The zero-order chi connectivity index (χ0) is 31.1. The van der Waals surface area contributed by atoms with Gasteiger partial charge in [-0.05, 0) is 50.3 Å². The lowest BCUT2D eigenvalue weighted by molar-refractivity contribution is -0.140. The van der Waals surface area contributed by atoms with Crippen LogP contribution in [0.1, 0.15) is 81.7 Å². The van der Waals surface area contributed by atoms with Gasteiger partial charge in [0.05, 0.1) is 18.6 Å². The largest absolute Gasteiger partial charge is 0.351 e. The Morgan fingerprint density at radius 1 is 0.932 bits per heavy atom. The Labute approximate surface area is 265 Å². The second-order valence-corrected chi connectivity index (χ2v) is 13.3. The number of hydrogen-bond acceptors (Lipinski definition) is 9. The Kier molecular flexibility index (Phi) is 10.7. The average Bonchev–Trinajstić information content (AvgIpc) is 3.72. The van der Waals surface area contributed by atoms with Crippen LogP contribution in [0.25, 0.3) is 0 Å². The van der Waals surface area contributed by atoms with Crippen molar-refractivity contribution in [2.45, 2.75) is 51.6 Å². The number of carbonyl (C=O) groups is 4. The third-order valence-electron chi connectivity index (χ3n) is 7.87. The van der Waals surface area contributed by atoms with Gasteiger partial charge in [-0.3, -0.25) is 19.2 Å². The number of nitrogens with one attached hydrogen (secondary N) is 4. The molecule has 2 aliphatic rings. The number of amides is 4. The van der Waals surface area contributed by atoms with E-state index in [1.165, 1.54) is 22.7 Å². The highest BCUT2D eigenvalue weighted by Gasteiger charge is 2.30. The first-order valence-corrected chi connectivity index (χ1v) is 16.9. The van der Waals surface area contributed by atoms with Crippen LogP contribution in [0.15, 0.2) is 41.1 Å². The van der Waals surface area contributed by atoms with Gasteiger partial charge >= 0.3 is 0 Å². The van der Waals surface area contributed by atoms with Crippen LogP contribution in [0.2, 0.25) is 0 Å². The zero-order valence-electron chi connectivity index (χ0n) is 25.0. The van der Waals surface area contributed by atoms with Gasteiger partial charge in [0, 0.05) is 29.8 Å². The van der Waals surface area contributed by atoms with Gasteiger partial charge in [0.2, 0.25) is 11.8 Å².